The van der Waals surface area contributed by atoms with E-state index in [9.17, 15) is 5.11 Å². The molecule has 1 heteroatoms. The molecule has 1 aromatic rings. The highest BCUT2D eigenvalue weighted by Crippen LogP contribution is 2.33. The minimum atomic E-state index is -0.125. The second kappa shape index (κ2) is 3.51. The van der Waals surface area contributed by atoms with Crippen molar-refractivity contribution >= 4 is 0 Å². The summed E-state index contributed by atoms with van der Waals surface area (Å²) >= 11 is 0. The zero-order chi connectivity index (χ0) is 9.26. The SMILES string of the molecule is CC[C@H]1c2ccccc2CC[C@@H]1O. The Morgan fingerprint density at radius 3 is 2.92 bits per heavy atom. The molecule has 70 valence electrons. The monoisotopic (exact) mass is 176 g/mol. The summed E-state index contributed by atoms with van der Waals surface area (Å²) in [5.74, 6) is 0.366. The van der Waals surface area contributed by atoms with E-state index in [0.29, 0.717) is 5.92 Å². The van der Waals surface area contributed by atoms with Crippen LogP contribution in [0.3, 0.4) is 0 Å². The molecule has 1 N–H and O–H groups in total. The Hall–Kier alpha value is -0.820. The molecule has 13 heavy (non-hydrogen) atoms. The zero-order valence-electron chi connectivity index (χ0n) is 8.03. The lowest BCUT2D eigenvalue weighted by Crippen LogP contribution is -2.24. The number of hydrogen-bond acceptors (Lipinski definition) is 1. The van der Waals surface area contributed by atoms with E-state index in [2.05, 4.69) is 31.2 Å². The summed E-state index contributed by atoms with van der Waals surface area (Å²) in [6, 6.07) is 8.50. The van der Waals surface area contributed by atoms with Gasteiger partial charge in [-0.3, -0.25) is 0 Å². The number of benzene rings is 1. The Bertz CT molecular complexity index is 293. The predicted octanol–water partition coefficient (Wildman–Crippen LogP) is 2.49. The van der Waals surface area contributed by atoms with Gasteiger partial charge in [-0.1, -0.05) is 31.2 Å². The maximum atomic E-state index is 9.82. The summed E-state index contributed by atoms with van der Waals surface area (Å²) in [6.45, 7) is 2.15. The van der Waals surface area contributed by atoms with E-state index in [4.69, 9.17) is 0 Å². The van der Waals surface area contributed by atoms with Gasteiger partial charge in [0.1, 0.15) is 0 Å². The molecule has 0 saturated heterocycles. The number of aliphatic hydroxyl groups is 1. The quantitative estimate of drug-likeness (QED) is 0.697. The summed E-state index contributed by atoms with van der Waals surface area (Å²) in [5.41, 5.74) is 2.79. The first-order valence-electron chi connectivity index (χ1n) is 5.08. The van der Waals surface area contributed by atoms with E-state index >= 15 is 0 Å². The van der Waals surface area contributed by atoms with Gasteiger partial charge in [0.05, 0.1) is 6.10 Å². The smallest absolute Gasteiger partial charge is 0.0611 e. The van der Waals surface area contributed by atoms with E-state index in [0.717, 1.165) is 19.3 Å². The van der Waals surface area contributed by atoms with Crippen molar-refractivity contribution in [2.24, 2.45) is 0 Å². The van der Waals surface area contributed by atoms with Crippen molar-refractivity contribution in [3.05, 3.63) is 35.4 Å². The van der Waals surface area contributed by atoms with Crippen molar-refractivity contribution in [2.45, 2.75) is 38.2 Å². The molecule has 0 bridgehead atoms. The molecule has 0 fully saturated rings. The average Bonchev–Trinajstić information content (AvgIpc) is 2.18. The molecule has 0 amide bonds. The van der Waals surface area contributed by atoms with E-state index in [1.54, 1.807) is 0 Å². The van der Waals surface area contributed by atoms with Crippen molar-refractivity contribution in [2.75, 3.05) is 0 Å². The van der Waals surface area contributed by atoms with Crippen molar-refractivity contribution in [3.8, 4) is 0 Å². The van der Waals surface area contributed by atoms with E-state index in [1.165, 1.54) is 11.1 Å². The molecule has 1 aliphatic carbocycles. The third-order valence-electron chi connectivity index (χ3n) is 3.07. The van der Waals surface area contributed by atoms with Crippen LogP contribution in [0.15, 0.2) is 24.3 Å². The third-order valence-corrected chi connectivity index (χ3v) is 3.07. The van der Waals surface area contributed by atoms with Gasteiger partial charge in [-0.05, 0) is 30.4 Å². The van der Waals surface area contributed by atoms with E-state index in [-0.39, 0.29) is 6.10 Å². The molecule has 1 aliphatic rings. The minimum absolute atomic E-state index is 0.125. The molecule has 0 unspecified atom stereocenters. The van der Waals surface area contributed by atoms with Gasteiger partial charge in [-0.15, -0.1) is 0 Å². The second-order valence-electron chi connectivity index (χ2n) is 3.82. The molecule has 0 saturated carbocycles. The summed E-state index contributed by atoms with van der Waals surface area (Å²) in [6.07, 6.45) is 2.88. The molecule has 1 nitrogen and oxygen atoms in total. The molecule has 0 aromatic heterocycles. The second-order valence-corrected chi connectivity index (χ2v) is 3.82. The highest BCUT2D eigenvalue weighted by molar-refractivity contribution is 5.33. The van der Waals surface area contributed by atoms with Crippen LogP contribution in [-0.2, 0) is 6.42 Å². The topological polar surface area (TPSA) is 20.2 Å². The van der Waals surface area contributed by atoms with Gasteiger partial charge in [0.2, 0.25) is 0 Å². The standard InChI is InChI=1S/C12H16O/c1-2-10-11-6-4-3-5-9(11)7-8-12(10)13/h3-6,10,12-13H,2,7-8H2,1H3/t10-,12-/m0/s1. The van der Waals surface area contributed by atoms with Crippen LogP contribution in [0.4, 0.5) is 0 Å². The maximum absolute atomic E-state index is 9.82. The van der Waals surface area contributed by atoms with Crippen LogP contribution in [-0.4, -0.2) is 11.2 Å². The van der Waals surface area contributed by atoms with Crippen LogP contribution in [0.5, 0.6) is 0 Å². The maximum Gasteiger partial charge on any atom is 0.0611 e. The van der Waals surface area contributed by atoms with Crippen molar-refractivity contribution in [1.82, 2.24) is 0 Å². The van der Waals surface area contributed by atoms with Crippen LogP contribution in [0.2, 0.25) is 0 Å². The van der Waals surface area contributed by atoms with Crippen LogP contribution in [0, 0.1) is 0 Å². The fourth-order valence-electron chi connectivity index (χ4n) is 2.33. The Balaban J connectivity index is 2.39. The number of rotatable bonds is 1. The van der Waals surface area contributed by atoms with E-state index in [1.807, 2.05) is 0 Å². The van der Waals surface area contributed by atoms with Gasteiger partial charge in [-0.25, -0.2) is 0 Å². The third kappa shape index (κ3) is 1.49. The van der Waals surface area contributed by atoms with Gasteiger partial charge in [0, 0.05) is 5.92 Å². The molecule has 0 heterocycles. The average molecular weight is 176 g/mol. The number of fused-ring (bicyclic) bond motifs is 1. The minimum Gasteiger partial charge on any atom is -0.392 e. The lowest BCUT2D eigenvalue weighted by molar-refractivity contribution is 0.124. The van der Waals surface area contributed by atoms with Crippen LogP contribution in [0.1, 0.15) is 36.8 Å². The largest absolute Gasteiger partial charge is 0.392 e. The molecule has 0 spiro atoms. The number of hydrogen-bond donors (Lipinski definition) is 1. The first-order chi connectivity index (χ1) is 6.33. The fraction of sp³-hybridized carbons (Fsp3) is 0.500. The highest BCUT2D eigenvalue weighted by Gasteiger charge is 2.25. The molecular weight excluding hydrogens is 160 g/mol. The van der Waals surface area contributed by atoms with Crippen molar-refractivity contribution in [3.63, 3.8) is 0 Å². The van der Waals surface area contributed by atoms with Gasteiger partial charge >= 0.3 is 0 Å². The van der Waals surface area contributed by atoms with Crippen molar-refractivity contribution in [1.29, 1.82) is 0 Å². The van der Waals surface area contributed by atoms with Crippen LogP contribution < -0.4 is 0 Å². The molecule has 2 atom stereocenters. The van der Waals surface area contributed by atoms with Gasteiger partial charge in [-0.2, -0.15) is 0 Å². The lowest BCUT2D eigenvalue weighted by atomic mass is 9.79. The van der Waals surface area contributed by atoms with Gasteiger partial charge in [0.25, 0.3) is 0 Å². The van der Waals surface area contributed by atoms with Crippen LogP contribution >= 0.6 is 0 Å². The normalized spacial score (nSPS) is 26.9. The number of aryl methyl sites for hydroxylation is 1. The van der Waals surface area contributed by atoms with Gasteiger partial charge < -0.3 is 5.11 Å². The highest BCUT2D eigenvalue weighted by atomic mass is 16.3. The molecule has 2 rings (SSSR count). The van der Waals surface area contributed by atoms with Crippen LogP contribution in [0.25, 0.3) is 0 Å². The summed E-state index contributed by atoms with van der Waals surface area (Å²) in [4.78, 5) is 0. The summed E-state index contributed by atoms with van der Waals surface area (Å²) in [5, 5.41) is 9.82. The zero-order valence-corrected chi connectivity index (χ0v) is 8.03. The Kier molecular flexibility index (Phi) is 2.36. The fourth-order valence-corrected chi connectivity index (χ4v) is 2.33. The molecule has 0 radical (unpaired) electrons. The Morgan fingerprint density at radius 1 is 1.38 bits per heavy atom. The first kappa shape index (κ1) is 8.76. The van der Waals surface area contributed by atoms with Crippen molar-refractivity contribution < 1.29 is 5.11 Å². The summed E-state index contributed by atoms with van der Waals surface area (Å²) in [7, 11) is 0. The van der Waals surface area contributed by atoms with Gasteiger partial charge in [0.15, 0.2) is 0 Å². The molecule has 0 aliphatic heterocycles. The lowest BCUT2D eigenvalue weighted by Gasteiger charge is -2.29. The number of aliphatic hydroxyl groups excluding tert-OH is 1. The Labute approximate surface area is 79.4 Å². The first-order valence-corrected chi connectivity index (χ1v) is 5.08. The predicted molar refractivity (Wildman–Crippen MR) is 53.8 cm³/mol. The molecular formula is C12H16O. The van der Waals surface area contributed by atoms with E-state index < -0.39 is 0 Å². The summed E-state index contributed by atoms with van der Waals surface area (Å²) < 4.78 is 0. The molecule has 1 aromatic carbocycles. The Morgan fingerprint density at radius 2 is 2.15 bits per heavy atom.